The Hall–Kier alpha value is -6.68. The fourth-order valence-corrected chi connectivity index (χ4v) is 6.72. The fraction of sp³-hybridized carbons (Fsp3) is 0.571. The van der Waals surface area contributed by atoms with Crippen molar-refractivity contribution in [3.05, 3.63) is 35.9 Å². The van der Waals surface area contributed by atoms with Gasteiger partial charge in [0.15, 0.2) is 0 Å². The summed E-state index contributed by atoms with van der Waals surface area (Å²) >= 11 is 7.90. The second-order valence-electron chi connectivity index (χ2n) is 16.6. The maximum absolute atomic E-state index is 13.5. The standard InChI is InChI=1S/C42H67N13O17S2/c1-17(57)30(53-36(66)24(12-29(61)62)49-34(64)21(44)15-73)40(70)47-22(9-10-28(45)60)35(65)51-26(14-56)38(68)52-27(16-74)39(69)54-32(19(3)59)42(72)55-31(18(2)58)41(71)50-25(13-43)37(67)48-23(33(46)63)11-20-7-5-4-6-8-20/h4-8,17-19,21-27,30-32,56-59,73-74H,9-16,43-44H2,1-3H3,(H2,45,60)(H2,46,63)(H,47,70)(H,48,67)(H,49,64)(H,50,71)(H,51,65)(H,52,68)(H,53,66)(H,54,69)(H,55,72)(H,61,62)/t17-,18-,19-,21+,22+,23+,24+,25+,26+,27+,30+,31+,32+/m1/s1. The Balaban J connectivity index is 3.19. The minimum Gasteiger partial charge on any atom is -0.481 e. The quantitative estimate of drug-likeness (QED) is 0.0291. The third-order valence-corrected chi connectivity index (χ3v) is 11.2. The Kier molecular flexibility index (Phi) is 28.7. The van der Waals surface area contributed by atoms with E-state index in [-0.39, 0.29) is 12.2 Å². The smallest absolute Gasteiger partial charge is 0.305 e. The van der Waals surface area contributed by atoms with E-state index in [0.29, 0.717) is 5.56 Å². The highest BCUT2D eigenvalue weighted by atomic mass is 32.1. The van der Waals surface area contributed by atoms with E-state index in [0.717, 1.165) is 20.8 Å². The van der Waals surface area contributed by atoms with Gasteiger partial charge < -0.3 is 96.3 Å². The van der Waals surface area contributed by atoms with Crippen molar-refractivity contribution >= 4 is 96.2 Å². The Bertz CT molecular complexity index is 2140. The number of nitrogens with two attached hydrogens (primary N) is 4. The Labute approximate surface area is 434 Å². The molecular formula is C42H67N13O17S2. The van der Waals surface area contributed by atoms with E-state index in [1.165, 1.54) is 0 Å². The second-order valence-corrected chi connectivity index (χ2v) is 17.4. The molecule has 11 amide bonds. The normalized spacial score (nSPS) is 16.3. The molecule has 13 atom stereocenters. The number of benzene rings is 1. The predicted octanol–water partition coefficient (Wildman–Crippen LogP) is -9.90. The van der Waals surface area contributed by atoms with Crippen LogP contribution in [0, 0.1) is 0 Å². The van der Waals surface area contributed by atoms with Crippen LogP contribution in [0.4, 0.5) is 0 Å². The molecule has 1 rings (SSSR count). The van der Waals surface area contributed by atoms with Crippen molar-refractivity contribution in [1.29, 1.82) is 0 Å². The topological polar surface area (TPSA) is 518 Å². The molecule has 0 aliphatic rings. The molecular weight excluding hydrogens is 1020 g/mol. The van der Waals surface area contributed by atoms with Crippen molar-refractivity contribution in [2.24, 2.45) is 22.9 Å². The van der Waals surface area contributed by atoms with E-state index in [2.05, 4.69) is 73.1 Å². The zero-order valence-corrected chi connectivity index (χ0v) is 42.2. The van der Waals surface area contributed by atoms with E-state index in [4.69, 9.17) is 22.9 Å². The van der Waals surface area contributed by atoms with Crippen LogP contribution in [-0.4, -0.2) is 200 Å². The lowest BCUT2D eigenvalue weighted by Crippen LogP contribution is -2.64. The summed E-state index contributed by atoms with van der Waals surface area (Å²) in [5.74, 6) is -14.9. The zero-order chi connectivity index (χ0) is 56.6. The van der Waals surface area contributed by atoms with Gasteiger partial charge in [0.05, 0.1) is 37.4 Å². The number of aliphatic carboxylic acids is 1. The number of hydrogen-bond acceptors (Lipinski definition) is 20. The van der Waals surface area contributed by atoms with Crippen molar-refractivity contribution in [3.63, 3.8) is 0 Å². The van der Waals surface area contributed by atoms with E-state index in [9.17, 15) is 83.1 Å². The van der Waals surface area contributed by atoms with E-state index < -0.39 is 188 Å². The number of carbonyl (C=O) groups excluding carboxylic acids is 11. The minimum atomic E-state index is -1.95. The molecule has 0 radical (unpaired) electrons. The molecule has 0 aromatic heterocycles. The summed E-state index contributed by atoms with van der Waals surface area (Å²) in [7, 11) is 0. The molecule has 30 nitrogen and oxygen atoms in total. The number of nitrogens with one attached hydrogen (secondary N) is 9. The van der Waals surface area contributed by atoms with Crippen molar-refractivity contribution in [2.45, 2.75) is 125 Å². The fourth-order valence-electron chi connectivity index (χ4n) is 6.30. The summed E-state index contributed by atoms with van der Waals surface area (Å²) in [5, 5.41) is 70.3. The first-order valence-corrected chi connectivity index (χ1v) is 23.8. The van der Waals surface area contributed by atoms with Gasteiger partial charge in [0.1, 0.15) is 54.4 Å². The molecule has 0 aliphatic heterocycles. The van der Waals surface area contributed by atoms with Gasteiger partial charge >= 0.3 is 5.97 Å². The summed E-state index contributed by atoms with van der Waals surface area (Å²) < 4.78 is 0. The Morgan fingerprint density at radius 3 is 1.35 bits per heavy atom. The predicted molar refractivity (Wildman–Crippen MR) is 264 cm³/mol. The van der Waals surface area contributed by atoms with Crippen molar-refractivity contribution in [2.75, 3.05) is 24.7 Å². The van der Waals surface area contributed by atoms with Gasteiger partial charge in [0, 0.05) is 30.9 Å². The van der Waals surface area contributed by atoms with Crippen molar-refractivity contribution in [3.8, 4) is 0 Å². The number of rotatable bonds is 33. The number of amides is 11. The Morgan fingerprint density at radius 2 is 0.919 bits per heavy atom. The molecule has 1 aromatic rings. The molecule has 22 N–H and O–H groups in total. The number of aliphatic hydroxyl groups is 4. The molecule has 0 fully saturated rings. The van der Waals surface area contributed by atoms with Crippen LogP contribution in [0.5, 0.6) is 0 Å². The highest BCUT2D eigenvalue weighted by Gasteiger charge is 2.38. The highest BCUT2D eigenvalue weighted by molar-refractivity contribution is 7.80. The summed E-state index contributed by atoms with van der Waals surface area (Å²) in [6.45, 7) is 1.44. The third kappa shape index (κ3) is 22.2. The maximum atomic E-state index is 13.5. The molecule has 0 saturated carbocycles. The monoisotopic (exact) mass is 1090 g/mol. The summed E-state index contributed by atoms with van der Waals surface area (Å²) in [5.41, 5.74) is 22.7. The summed E-state index contributed by atoms with van der Waals surface area (Å²) in [4.78, 5) is 154. The number of hydrogen-bond donors (Lipinski definition) is 20. The van der Waals surface area contributed by atoms with Crippen LogP contribution < -0.4 is 70.8 Å². The summed E-state index contributed by atoms with van der Waals surface area (Å²) in [6.07, 6.45) is -7.36. The van der Waals surface area contributed by atoms with Crippen LogP contribution in [0.15, 0.2) is 30.3 Å². The number of carboxylic acids is 1. The SMILES string of the molecule is C[C@@H](O)[C@H](NC(=O)[C@H](CC(=O)O)NC(=O)[C@@H](N)CS)C(=O)N[C@@H](CCC(N)=O)C(=O)N[C@@H](CO)C(=O)N[C@@H](CS)C(=O)N[C@H](C(=O)N[C@H](C(=O)N[C@@H](CN)C(=O)N[C@@H](Cc1ccccc1)C(N)=O)[C@@H](C)O)[C@@H](C)O. The first kappa shape index (κ1) is 65.3. The molecule has 1 aromatic carbocycles. The van der Waals surface area contributed by atoms with E-state index in [1.54, 1.807) is 30.3 Å². The van der Waals surface area contributed by atoms with Gasteiger partial charge in [-0.15, -0.1) is 0 Å². The zero-order valence-electron chi connectivity index (χ0n) is 40.4. The van der Waals surface area contributed by atoms with Crippen molar-refractivity contribution < 1.29 is 83.1 Å². The van der Waals surface area contributed by atoms with Gasteiger partial charge in [-0.2, -0.15) is 25.3 Å². The first-order chi connectivity index (χ1) is 34.6. The van der Waals surface area contributed by atoms with Crippen LogP contribution in [0.25, 0.3) is 0 Å². The lowest BCUT2D eigenvalue weighted by Gasteiger charge is -2.29. The van der Waals surface area contributed by atoms with Crippen LogP contribution in [0.3, 0.4) is 0 Å². The van der Waals surface area contributed by atoms with Crippen LogP contribution in [-0.2, 0) is 64.0 Å². The first-order valence-electron chi connectivity index (χ1n) is 22.5. The number of carbonyl (C=O) groups is 12. The largest absolute Gasteiger partial charge is 0.481 e. The van der Waals surface area contributed by atoms with Crippen LogP contribution in [0.2, 0.25) is 0 Å². The molecule has 0 unspecified atom stereocenters. The number of carboxylic acid groups (broad SMARTS) is 1. The minimum absolute atomic E-state index is 0.0108. The molecule has 0 bridgehead atoms. The van der Waals surface area contributed by atoms with Crippen LogP contribution >= 0.6 is 25.3 Å². The summed E-state index contributed by atoms with van der Waals surface area (Å²) in [6, 6.07) is -8.56. The molecule has 414 valence electrons. The number of thiol groups is 2. The molecule has 0 aliphatic carbocycles. The van der Waals surface area contributed by atoms with Gasteiger partial charge in [-0.25, -0.2) is 0 Å². The average molecular weight is 1090 g/mol. The number of primary amides is 2. The van der Waals surface area contributed by atoms with Crippen LogP contribution in [0.1, 0.15) is 45.6 Å². The second kappa shape index (κ2) is 32.5. The van der Waals surface area contributed by atoms with Gasteiger partial charge in [-0.1, -0.05) is 30.3 Å². The molecule has 74 heavy (non-hydrogen) atoms. The lowest BCUT2D eigenvalue weighted by atomic mass is 10.0. The van der Waals surface area contributed by atoms with Crippen molar-refractivity contribution in [1.82, 2.24) is 47.9 Å². The third-order valence-electron chi connectivity index (χ3n) is 10.5. The average Bonchev–Trinajstić information content (AvgIpc) is 3.33. The van der Waals surface area contributed by atoms with Gasteiger partial charge in [-0.3, -0.25) is 57.5 Å². The molecule has 0 saturated heterocycles. The molecule has 0 heterocycles. The Morgan fingerprint density at radius 1 is 0.527 bits per heavy atom. The maximum Gasteiger partial charge on any atom is 0.305 e. The number of aliphatic hydroxyl groups excluding tert-OH is 4. The van der Waals surface area contributed by atoms with Gasteiger partial charge in [-0.05, 0) is 32.8 Å². The molecule has 32 heteroatoms. The van der Waals surface area contributed by atoms with E-state index >= 15 is 0 Å². The highest BCUT2D eigenvalue weighted by Crippen LogP contribution is 2.07. The van der Waals surface area contributed by atoms with Gasteiger partial charge in [0.25, 0.3) is 0 Å². The van der Waals surface area contributed by atoms with Gasteiger partial charge in [0.2, 0.25) is 65.0 Å². The lowest BCUT2D eigenvalue weighted by molar-refractivity contribution is -0.141. The van der Waals surface area contributed by atoms with E-state index in [1.807, 2.05) is 0 Å². The molecule has 0 spiro atoms.